The number of nitrogens with one attached hydrogen (secondary N) is 1. The smallest absolute Gasteiger partial charge is 0.0931 e. The molecule has 90 valence electrons. The van der Waals surface area contributed by atoms with Gasteiger partial charge in [-0.25, -0.2) is 0 Å². The minimum Gasteiger partial charge on any atom is -0.311 e. The Balaban J connectivity index is 1.75. The molecule has 1 N–H and O–H groups in total. The lowest BCUT2D eigenvalue weighted by atomic mass is 10.2. The van der Waals surface area contributed by atoms with Gasteiger partial charge in [0, 0.05) is 24.2 Å². The fourth-order valence-electron chi connectivity index (χ4n) is 1.61. The van der Waals surface area contributed by atoms with E-state index in [0.717, 1.165) is 29.5 Å². The van der Waals surface area contributed by atoms with Gasteiger partial charge in [0.15, 0.2) is 0 Å². The van der Waals surface area contributed by atoms with Crippen LogP contribution in [0.5, 0.6) is 0 Å². The first-order valence-electron chi connectivity index (χ1n) is 5.61. The average molecular weight is 267 g/mol. The molecule has 2 nitrogen and oxygen atoms in total. The molecule has 2 aromatic rings. The summed E-state index contributed by atoms with van der Waals surface area (Å²) < 4.78 is 0.862. The summed E-state index contributed by atoms with van der Waals surface area (Å²) in [6.45, 7) is 3.86. The third-order valence-corrected chi connectivity index (χ3v) is 3.88. The molecule has 2 rings (SSSR count). The molecule has 0 bridgehead atoms. The maximum absolute atomic E-state index is 5.88. The lowest BCUT2D eigenvalue weighted by molar-refractivity contribution is 0.675. The molecule has 2 aromatic heterocycles. The zero-order valence-electron chi connectivity index (χ0n) is 9.74. The van der Waals surface area contributed by atoms with Gasteiger partial charge < -0.3 is 5.32 Å². The highest BCUT2D eigenvalue weighted by Gasteiger charge is 2.00. The van der Waals surface area contributed by atoms with E-state index in [-0.39, 0.29) is 0 Å². The molecule has 17 heavy (non-hydrogen) atoms. The van der Waals surface area contributed by atoms with Gasteiger partial charge >= 0.3 is 0 Å². The number of aryl methyl sites for hydroxylation is 1. The fourth-order valence-corrected chi connectivity index (χ4v) is 2.69. The summed E-state index contributed by atoms with van der Waals surface area (Å²) in [5.41, 5.74) is 2.36. The van der Waals surface area contributed by atoms with Crippen LogP contribution in [-0.2, 0) is 13.0 Å². The minimum absolute atomic E-state index is 0.825. The van der Waals surface area contributed by atoms with E-state index in [2.05, 4.69) is 29.4 Å². The van der Waals surface area contributed by atoms with Gasteiger partial charge in [-0.15, -0.1) is 11.3 Å². The number of aromatic nitrogens is 1. The summed E-state index contributed by atoms with van der Waals surface area (Å²) in [6, 6.07) is 8.08. The zero-order valence-corrected chi connectivity index (χ0v) is 11.3. The SMILES string of the molecule is Cc1cccnc1CNCCc1ccc(Cl)s1. The number of hydrogen-bond donors (Lipinski definition) is 1. The summed E-state index contributed by atoms with van der Waals surface area (Å²) in [6.07, 6.45) is 2.85. The van der Waals surface area contributed by atoms with Gasteiger partial charge in [-0.05, 0) is 37.1 Å². The quantitative estimate of drug-likeness (QED) is 0.839. The van der Waals surface area contributed by atoms with Crippen molar-refractivity contribution in [3.63, 3.8) is 0 Å². The van der Waals surface area contributed by atoms with E-state index in [4.69, 9.17) is 11.6 Å². The number of pyridine rings is 1. The average Bonchev–Trinajstić information content (AvgIpc) is 2.73. The Labute approximate surface area is 111 Å². The topological polar surface area (TPSA) is 24.9 Å². The third kappa shape index (κ3) is 3.80. The second-order valence-electron chi connectivity index (χ2n) is 3.90. The number of thiophene rings is 1. The van der Waals surface area contributed by atoms with E-state index in [1.165, 1.54) is 10.4 Å². The van der Waals surface area contributed by atoms with Crippen LogP contribution < -0.4 is 5.32 Å². The van der Waals surface area contributed by atoms with Crippen molar-refractivity contribution in [3.8, 4) is 0 Å². The zero-order chi connectivity index (χ0) is 12.1. The first-order chi connectivity index (χ1) is 8.25. The van der Waals surface area contributed by atoms with E-state index in [9.17, 15) is 0 Å². The maximum atomic E-state index is 5.88. The second-order valence-corrected chi connectivity index (χ2v) is 5.70. The third-order valence-electron chi connectivity index (χ3n) is 2.59. The standard InChI is InChI=1S/C13H15ClN2S/c1-10-3-2-7-16-12(10)9-15-8-6-11-4-5-13(14)17-11/h2-5,7,15H,6,8-9H2,1H3. The molecule has 4 heteroatoms. The van der Waals surface area contributed by atoms with Crippen LogP contribution in [0.15, 0.2) is 30.5 Å². The molecule has 0 radical (unpaired) electrons. The van der Waals surface area contributed by atoms with Crippen LogP contribution in [0.2, 0.25) is 4.34 Å². The van der Waals surface area contributed by atoms with Crippen molar-refractivity contribution in [1.82, 2.24) is 10.3 Å². The Morgan fingerprint density at radius 3 is 2.94 bits per heavy atom. The molecular weight excluding hydrogens is 252 g/mol. The molecule has 0 spiro atoms. The first-order valence-corrected chi connectivity index (χ1v) is 6.80. The molecule has 0 fully saturated rings. The molecule has 0 amide bonds. The van der Waals surface area contributed by atoms with Crippen molar-refractivity contribution in [2.24, 2.45) is 0 Å². The van der Waals surface area contributed by atoms with Crippen LogP contribution in [0, 0.1) is 6.92 Å². The number of rotatable bonds is 5. The monoisotopic (exact) mass is 266 g/mol. The van der Waals surface area contributed by atoms with E-state index in [0.29, 0.717) is 0 Å². The summed E-state index contributed by atoms with van der Waals surface area (Å²) in [5, 5.41) is 3.40. The Morgan fingerprint density at radius 2 is 2.24 bits per heavy atom. The lowest BCUT2D eigenvalue weighted by Crippen LogP contribution is -2.17. The van der Waals surface area contributed by atoms with Gasteiger partial charge in [-0.3, -0.25) is 4.98 Å². The molecular formula is C13H15ClN2S. The molecule has 0 unspecified atom stereocenters. The van der Waals surface area contributed by atoms with E-state index in [1.807, 2.05) is 18.3 Å². The molecule has 0 aromatic carbocycles. The van der Waals surface area contributed by atoms with Gasteiger partial charge in [-0.1, -0.05) is 17.7 Å². The van der Waals surface area contributed by atoms with Crippen LogP contribution in [0.25, 0.3) is 0 Å². The Bertz CT molecular complexity index is 482. The van der Waals surface area contributed by atoms with Gasteiger partial charge in [-0.2, -0.15) is 0 Å². The molecule has 0 atom stereocenters. The van der Waals surface area contributed by atoms with E-state index in [1.54, 1.807) is 11.3 Å². The van der Waals surface area contributed by atoms with Crippen molar-refractivity contribution >= 4 is 22.9 Å². The van der Waals surface area contributed by atoms with Crippen molar-refractivity contribution in [2.45, 2.75) is 19.9 Å². The second kappa shape index (κ2) is 6.15. The van der Waals surface area contributed by atoms with E-state index < -0.39 is 0 Å². The molecule has 2 heterocycles. The van der Waals surface area contributed by atoms with Crippen molar-refractivity contribution in [3.05, 3.63) is 50.9 Å². The highest BCUT2D eigenvalue weighted by molar-refractivity contribution is 7.16. The highest BCUT2D eigenvalue weighted by Crippen LogP contribution is 2.21. The maximum Gasteiger partial charge on any atom is 0.0931 e. The van der Waals surface area contributed by atoms with Crippen LogP contribution >= 0.6 is 22.9 Å². The number of hydrogen-bond acceptors (Lipinski definition) is 3. The van der Waals surface area contributed by atoms with Crippen molar-refractivity contribution in [1.29, 1.82) is 0 Å². The van der Waals surface area contributed by atoms with Gasteiger partial charge in [0.2, 0.25) is 0 Å². The molecule has 0 aliphatic rings. The first kappa shape index (κ1) is 12.6. The summed E-state index contributed by atoms with van der Waals surface area (Å²) >= 11 is 7.52. The van der Waals surface area contributed by atoms with Crippen LogP contribution in [0.1, 0.15) is 16.1 Å². The van der Waals surface area contributed by atoms with Crippen LogP contribution in [-0.4, -0.2) is 11.5 Å². The molecule has 0 aliphatic heterocycles. The molecule has 0 aliphatic carbocycles. The highest BCUT2D eigenvalue weighted by atomic mass is 35.5. The molecule has 0 saturated carbocycles. The largest absolute Gasteiger partial charge is 0.311 e. The Hall–Kier alpha value is -0.900. The number of nitrogens with zero attached hydrogens (tertiary/aromatic N) is 1. The predicted molar refractivity (Wildman–Crippen MR) is 73.7 cm³/mol. The lowest BCUT2D eigenvalue weighted by Gasteiger charge is -2.05. The fraction of sp³-hybridized carbons (Fsp3) is 0.308. The van der Waals surface area contributed by atoms with Crippen molar-refractivity contribution in [2.75, 3.05) is 6.54 Å². The van der Waals surface area contributed by atoms with E-state index >= 15 is 0 Å². The molecule has 0 saturated heterocycles. The summed E-state index contributed by atoms with van der Waals surface area (Å²) in [4.78, 5) is 5.67. The Morgan fingerprint density at radius 1 is 1.35 bits per heavy atom. The number of halogens is 1. The predicted octanol–water partition coefficient (Wildman–Crippen LogP) is 3.44. The normalized spacial score (nSPS) is 10.7. The van der Waals surface area contributed by atoms with Gasteiger partial charge in [0.25, 0.3) is 0 Å². The van der Waals surface area contributed by atoms with Crippen LogP contribution in [0.4, 0.5) is 0 Å². The van der Waals surface area contributed by atoms with Crippen LogP contribution in [0.3, 0.4) is 0 Å². The van der Waals surface area contributed by atoms with Gasteiger partial charge in [0.05, 0.1) is 10.0 Å². The minimum atomic E-state index is 0.825. The van der Waals surface area contributed by atoms with Crippen molar-refractivity contribution < 1.29 is 0 Å². The Kier molecular flexibility index (Phi) is 4.54. The van der Waals surface area contributed by atoms with Gasteiger partial charge in [0.1, 0.15) is 0 Å². The summed E-state index contributed by atoms with van der Waals surface area (Å²) in [7, 11) is 0. The summed E-state index contributed by atoms with van der Waals surface area (Å²) in [5.74, 6) is 0.